The molecule has 1 unspecified atom stereocenters. The maximum absolute atomic E-state index is 13.3. The maximum Gasteiger partial charge on any atom is 0.417 e. The summed E-state index contributed by atoms with van der Waals surface area (Å²) in [5, 5.41) is 0. The number of nitrogens with zero attached hydrogens (tertiary/aromatic N) is 2. The molecular formula is C14H15F4N3O2. The van der Waals surface area contributed by atoms with E-state index in [1.807, 2.05) is 0 Å². The van der Waals surface area contributed by atoms with Gasteiger partial charge in [-0.3, -0.25) is 9.69 Å². The molecule has 1 saturated heterocycles. The standard InChI is InChI=1S/C14H15F4N3O2/c15-9-1-2-11(14(16,17)18)10(7-9)13(23)21-5-3-20(4-6-21)12(19)8-22/h1-2,7-8,12H,3-6,19H2. The summed E-state index contributed by atoms with van der Waals surface area (Å²) < 4.78 is 52.2. The summed E-state index contributed by atoms with van der Waals surface area (Å²) in [5.41, 5.74) is 3.65. The Kier molecular flexibility index (Phi) is 5.00. The second-order valence-corrected chi connectivity index (χ2v) is 5.14. The van der Waals surface area contributed by atoms with Crippen molar-refractivity contribution < 1.29 is 27.2 Å². The van der Waals surface area contributed by atoms with E-state index in [-0.39, 0.29) is 26.2 Å². The van der Waals surface area contributed by atoms with Gasteiger partial charge in [-0.25, -0.2) is 4.39 Å². The van der Waals surface area contributed by atoms with Crippen LogP contribution in [0.5, 0.6) is 0 Å². The Hall–Kier alpha value is -2.00. The molecule has 2 N–H and O–H groups in total. The zero-order chi connectivity index (χ0) is 17.2. The van der Waals surface area contributed by atoms with Crippen LogP contribution in [0.3, 0.4) is 0 Å². The average molecular weight is 333 g/mol. The van der Waals surface area contributed by atoms with Gasteiger partial charge in [0.15, 0.2) is 6.29 Å². The van der Waals surface area contributed by atoms with Gasteiger partial charge in [-0.2, -0.15) is 13.2 Å². The van der Waals surface area contributed by atoms with Crippen molar-refractivity contribution in [1.82, 2.24) is 9.80 Å². The number of aldehydes is 1. The highest BCUT2D eigenvalue weighted by molar-refractivity contribution is 5.96. The topological polar surface area (TPSA) is 66.6 Å². The Bertz CT molecular complexity index is 598. The highest BCUT2D eigenvalue weighted by Gasteiger charge is 2.37. The lowest BCUT2D eigenvalue weighted by Crippen LogP contribution is -2.55. The van der Waals surface area contributed by atoms with Gasteiger partial charge in [0.05, 0.1) is 11.1 Å². The molecule has 23 heavy (non-hydrogen) atoms. The summed E-state index contributed by atoms with van der Waals surface area (Å²) in [5.74, 6) is -1.81. The lowest BCUT2D eigenvalue weighted by atomic mass is 10.0. The highest BCUT2D eigenvalue weighted by atomic mass is 19.4. The van der Waals surface area contributed by atoms with Gasteiger partial charge < -0.3 is 15.4 Å². The fourth-order valence-electron chi connectivity index (χ4n) is 2.42. The van der Waals surface area contributed by atoms with Gasteiger partial charge in [0.2, 0.25) is 0 Å². The Morgan fingerprint density at radius 1 is 1.22 bits per heavy atom. The van der Waals surface area contributed by atoms with Crippen molar-refractivity contribution in [2.45, 2.75) is 12.3 Å². The Balaban J connectivity index is 2.19. The normalized spacial score (nSPS) is 17.9. The Morgan fingerprint density at radius 3 is 2.35 bits per heavy atom. The third-order valence-corrected chi connectivity index (χ3v) is 3.68. The first-order valence-corrected chi connectivity index (χ1v) is 6.85. The predicted octanol–water partition coefficient (Wildman–Crippen LogP) is 1.09. The van der Waals surface area contributed by atoms with Crippen molar-refractivity contribution in [3.8, 4) is 0 Å². The second-order valence-electron chi connectivity index (χ2n) is 5.14. The van der Waals surface area contributed by atoms with Gasteiger partial charge in [0.25, 0.3) is 5.91 Å². The zero-order valence-corrected chi connectivity index (χ0v) is 12.0. The average Bonchev–Trinajstić information content (AvgIpc) is 2.52. The van der Waals surface area contributed by atoms with Crippen LogP contribution >= 0.6 is 0 Å². The number of hydrogen-bond donors (Lipinski definition) is 1. The lowest BCUT2D eigenvalue weighted by molar-refractivity contribution is -0.138. The molecular weight excluding hydrogens is 318 g/mol. The number of carbonyl (C=O) groups is 2. The summed E-state index contributed by atoms with van der Waals surface area (Å²) in [6.45, 7) is 0.715. The molecule has 1 fully saturated rings. The second kappa shape index (κ2) is 6.63. The first-order chi connectivity index (χ1) is 10.7. The number of amides is 1. The molecule has 1 aromatic carbocycles. The predicted molar refractivity (Wildman–Crippen MR) is 72.9 cm³/mol. The van der Waals surface area contributed by atoms with Gasteiger partial charge >= 0.3 is 6.18 Å². The van der Waals surface area contributed by atoms with Crippen LogP contribution in [0.1, 0.15) is 15.9 Å². The molecule has 1 amide bonds. The Morgan fingerprint density at radius 2 is 1.83 bits per heavy atom. The van der Waals surface area contributed by atoms with Crippen LogP contribution in [0.4, 0.5) is 17.6 Å². The van der Waals surface area contributed by atoms with Crippen molar-refractivity contribution in [3.05, 3.63) is 35.1 Å². The third kappa shape index (κ3) is 3.85. The smallest absolute Gasteiger partial charge is 0.336 e. The molecule has 0 bridgehead atoms. The summed E-state index contributed by atoms with van der Waals surface area (Å²) in [6, 6.07) is 1.82. The largest absolute Gasteiger partial charge is 0.417 e. The molecule has 0 saturated carbocycles. The van der Waals surface area contributed by atoms with E-state index < -0.39 is 35.2 Å². The van der Waals surface area contributed by atoms with E-state index in [1.165, 1.54) is 4.90 Å². The molecule has 9 heteroatoms. The van der Waals surface area contributed by atoms with Gasteiger partial charge in [-0.15, -0.1) is 0 Å². The van der Waals surface area contributed by atoms with E-state index in [0.717, 1.165) is 0 Å². The number of hydrogen-bond acceptors (Lipinski definition) is 4. The summed E-state index contributed by atoms with van der Waals surface area (Å²) in [7, 11) is 0. The van der Waals surface area contributed by atoms with Crippen LogP contribution < -0.4 is 5.73 Å². The van der Waals surface area contributed by atoms with E-state index in [2.05, 4.69) is 0 Å². The SMILES string of the molecule is NC(C=O)N1CCN(C(=O)c2cc(F)ccc2C(F)(F)F)CC1. The van der Waals surface area contributed by atoms with E-state index in [9.17, 15) is 27.2 Å². The fourth-order valence-corrected chi connectivity index (χ4v) is 2.42. The molecule has 0 radical (unpaired) electrons. The van der Waals surface area contributed by atoms with E-state index in [1.54, 1.807) is 4.90 Å². The molecule has 126 valence electrons. The number of carbonyl (C=O) groups excluding carboxylic acids is 2. The molecule has 1 aliphatic heterocycles. The monoisotopic (exact) mass is 333 g/mol. The minimum atomic E-state index is -4.75. The summed E-state index contributed by atoms with van der Waals surface area (Å²) in [6.07, 6.45) is -5.02. The molecule has 2 rings (SSSR count). The van der Waals surface area contributed by atoms with E-state index in [0.29, 0.717) is 24.5 Å². The van der Waals surface area contributed by atoms with Crippen molar-refractivity contribution in [3.63, 3.8) is 0 Å². The number of rotatable bonds is 3. The van der Waals surface area contributed by atoms with Gasteiger partial charge in [-0.1, -0.05) is 0 Å². The maximum atomic E-state index is 13.3. The van der Waals surface area contributed by atoms with Gasteiger partial charge in [-0.05, 0) is 18.2 Å². The van der Waals surface area contributed by atoms with Crippen LogP contribution in [-0.2, 0) is 11.0 Å². The minimum absolute atomic E-state index is 0.105. The molecule has 0 spiro atoms. The molecule has 0 aliphatic carbocycles. The molecule has 1 aromatic rings. The van der Waals surface area contributed by atoms with Crippen LogP contribution in [-0.4, -0.2) is 54.3 Å². The van der Waals surface area contributed by atoms with Crippen LogP contribution in [0.25, 0.3) is 0 Å². The number of benzene rings is 1. The first-order valence-electron chi connectivity index (χ1n) is 6.85. The quantitative estimate of drug-likeness (QED) is 0.664. The van der Waals surface area contributed by atoms with Crippen molar-refractivity contribution in [2.75, 3.05) is 26.2 Å². The molecule has 1 heterocycles. The van der Waals surface area contributed by atoms with Crippen molar-refractivity contribution in [2.24, 2.45) is 5.73 Å². The Labute approximate surface area is 129 Å². The van der Waals surface area contributed by atoms with Crippen molar-refractivity contribution in [1.29, 1.82) is 0 Å². The van der Waals surface area contributed by atoms with Gasteiger partial charge in [0, 0.05) is 26.2 Å². The van der Waals surface area contributed by atoms with Crippen molar-refractivity contribution >= 4 is 12.2 Å². The first kappa shape index (κ1) is 17.4. The molecule has 1 atom stereocenters. The van der Waals surface area contributed by atoms with Gasteiger partial charge in [0.1, 0.15) is 12.0 Å². The van der Waals surface area contributed by atoms with Crippen LogP contribution in [0, 0.1) is 5.82 Å². The van der Waals surface area contributed by atoms with Crippen LogP contribution in [0.2, 0.25) is 0 Å². The van der Waals surface area contributed by atoms with E-state index >= 15 is 0 Å². The number of alkyl halides is 3. The summed E-state index contributed by atoms with van der Waals surface area (Å²) >= 11 is 0. The number of nitrogens with two attached hydrogens (primary N) is 1. The number of halogens is 4. The number of piperazine rings is 1. The minimum Gasteiger partial charge on any atom is -0.336 e. The zero-order valence-electron chi connectivity index (χ0n) is 12.0. The lowest BCUT2D eigenvalue weighted by Gasteiger charge is -2.36. The molecule has 5 nitrogen and oxygen atoms in total. The van der Waals surface area contributed by atoms with Crippen LogP contribution in [0.15, 0.2) is 18.2 Å². The van der Waals surface area contributed by atoms with E-state index in [4.69, 9.17) is 5.73 Å². The third-order valence-electron chi connectivity index (χ3n) is 3.68. The summed E-state index contributed by atoms with van der Waals surface area (Å²) in [4.78, 5) is 25.7. The highest BCUT2D eigenvalue weighted by Crippen LogP contribution is 2.33. The fraction of sp³-hybridized carbons (Fsp3) is 0.429. The molecule has 0 aromatic heterocycles. The molecule has 1 aliphatic rings.